The average molecular weight is 356 g/mol. The molecular formula is C20H28N4O2. The van der Waals surface area contributed by atoms with Gasteiger partial charge in [-0.15, -0.1) is 0 Å². The van der Waals surface area contributed by atoms with E-state index < -0.39 is 0 Å². The first-order valence-corrected chi connectivity index (χ1v) is 9.73. The zero-order valence-electron chi connectivity index (χ0n) is 15.4. The number of para-hydroxylation sites is 1. The van der Waals surface area contributed by atoms with Gasteiger partial charge >= 0.3 is 0 Å². The molecule has 1 N–H and O–H groups in total. The Hall–Kier alpha value is -1.92. The van der Waals surface area contributed by atoms with Crippen molar-refractivity contribution < 1.29 is 9.26 Å². The first-order valence-electron chi connectivity index (χ1n) is 9.73. The summed E-state index contributed by atoms with van der Waals surface area (Å²) in [6.07, 6.45) is 4.34. The van der Waals surface area contributed by atoms with E-state index in [1.54, 1.807) is 0 Å². The molecule has 1 atom stereocenters. The van der Waals surface area contributed by atoms with Crippen LogP contribution in [0, 0.1) is 12.8 Å². The van der Waals surface area contributed by atoms with Gasteiger partial charge in [-0.2, -0.15) is 4.98 Å². The number of anilines is 1. The molecule has 6 heteroatoms. The number of benzene rings is 1. The Labute approximate surface area is 154 Å². The molecule has 1 aromatic carbocycles. The maximum absolute atomic E-state index is 5.54. The van der Waals surface area contributed by atoms with E-state index in [0.29, 0.717) is 17.8 Å². The number of nitrogens with one attached hydrogen (secondary N) is 1. The number of hydrogen-bond donors (Lipinski definition) is 1. The summed E-state index contributed by atoms with van der Waals surface area (Å²) in [5, 5.41) is 7.86. The number of nitrogens with zero attached hydrogens (tertiary/aromatic N) is 3. The summed E-state index contributed by atoms with van der Waals surface area (Å²) in [6.45, 7) is 5.67. The van der Waals surface area contributed by atoms with E-state index in [1.165, 1.54) is 5.69 Å². The molecule has 3 heterocycles. The third kappa shape index (κ3) is 4.07. The highest BCUT2D eigenvalue weighted by atomic mass is 16.5. The second kappa shape index (κ2) is 8.18. The van der Waals surface area contributed by atoms with Crippen LogP contribution < -0.4 is 10.2 Å². The van der Waals surface area contributed by atoms with Crippen LogP contribution in [-0.2, 0) is 4.74 Å². The van der Waals surface area contributed by atoms with Crippen molar-refractivity contribution in [3.8, 4) is 0 Å². The predicted molar refractivity (Wildman–Crippen MR) is 100 cm³/mol. The Morgan fingerprint density at radius 1 is 1.08 bits per heavy atom. The van der Waals surface area contributed by atoms with E-state index in [1.807, 2.05) is 6.92 Å². The number of hydrogen-bond acceptors (Lipinski definition) is 6. The normalized spacial score (nSPS) is 21.0. The SMILES string of the molecule is Cc1noc([C@@H](NC2CCN(c3ccccc3)CC2)C2CCOCC2)n1. The highest BCUT2D eigenvalue weighted by molar-refractivity contribution is 5.46. The number of piperidine rings is 1. The standard InChI is InChI=1S/C20H28N4O2/c1-15-21-20(26-23-15)19(16-9-13-25-14-10-16)22-17-7-11-24(12-8-17)18-5-3-2-4-6-18/h2-6,16-17,19,22H,7-14H2,1H3/t19-/m0/s1. The third-order valence-electron chi connectivity index (χ3n) is 5.58. The Morgan fingerprint density at radius 2 is 1.81 bits per heavy atom. The molecular weight excluding hydrogens is 328 g/mol. The number of aromatic nitrogens is 2. The highest BCUT2D eigenvalue weighted by Gasteiger charge is 2.32. The lowest BCUT2D eigenvalue weighted by molar-refractivity contribution is 0.0461. The maximum atomic E-state index is 5.54. The molecule has 2 aromatic rings. The lowest BCUT2D eigenvalue weighted by Crippen LogP contribution is -2.46. The molecule has 140 valence electrons. The zero-order valence-corrected chi connectivity index (χ0v) is 15.4. The van der Waals surface area contributed by atoms with Crippen molar-refractivity contribution in [1.82, 2.24) is 15.5 Å². The van der Waals surface area contributed by atoms with Gasteiger partial charge in [-0.1, -0.05) is 23.4 Å². The molecule has 0 unspecified atom stereocenters. The molecule has 2 saturated heterocycles. The topological polar surface area (TPSA) is 63.4 Å². The van der Waals surface area contributed by atoms with Crippen molar-refractivity contribution in [3.05, 3.63) is 42.0 Å². The van der Waals surface area contributed by atoms with Gasteiger partial charge in [0.25, 0.3) is 0 Å². The van der Waals surface area contributed by atoms with Crippen LogP contribution in [0.25, 0.3) is 0 Å². The fourth-order valence-electron chi connectivity index (χ4n) is 4.09. The van der Waals surface area contributed by atoms with Gasteiger partial charge in [0.2, 0.25) is 5.89 Å². The smallest absolute Gasteiger partial charge is 0.244 e. The van der Waals surface area contributed by atoms with Crippen molar-refractivity contribution >= 4 is 5.69 Å². The van der Waals surface area contributed by atoms with Gasteiger partial charge in [0.15, 0.2) is 5.82 Å². The summed E-state index contributed by atoms with van der Waals surface area (Å²) >= 11 is 0. The van der Waals surface area contributed by atoms with E-state index in [2.05, 4.69) is 50.7 Å². The van der Waals surface area contributed by atoms with E-state index in [4.69, 9.17) is 9.26 Å². The number of ether oxygens (including phenoxy) is 1. The molecule has 0 radical (unpaired) electrons. The Morgan fingerprint density at radius 3 is 2.46 bits per heavy atom. The van der Waals surface area contributed by atoms with Crippen LogP contribution in [0.15, 0.2) is 34.9 Å². The van der Waals surface area contributed by atoms with Crippen molar-refractivity contribution in [2.24, 2.45) is 5.92 Å². The monoisotopic (exact) mass is 356 g/mol. The fraction of sp³-hybridized carbons (Fsp3) is 0.600. The summed E-state index contributed by atoms with van der Waals surface area (Å²) in [4.78, 5) is 6.99. The van der Waals surface area contributed by atoms with Gasteiger partial charge in [-0.25, -0.2) is 0 Å². The Kier molecular flexibility index (Phi) is 5.51. The summed E-state index contributed by atoms with van der Waals surface area (Å²) in [6, 6.07) is 11.3. The molecule has 0 bridgehead atoms. The second-order valence-electron chi connectivity index (χ2n) is 7.37. The molecule has 2 aliphatic heterocycles. The van der Waals surface area contributed by atoms with Gasteiger partial charge < -0.3 is 19.5 Å². The summed E-state index contributed by atoms with van der Waals surface area (Å²) in [5.41, 5.74) is 1.32. The van der Waals surface area contributed by atoms with Crippen LogP contribution in [0.4, 0.5) is 5.69 Å². The van der Waals surface area contributed by atoms with Crippen LogP contribution in [-0.4, -0.2) is 42.5 Å². The number of rotatable bonds is 5. The molecule has 0 spiro atoms. The second-order valence-corrected chi connectivity index (χ2v) is 7.37. The average Bonchev–Trinajstić information content (AvgIpc) is 3.14. The van der Waals surface area contributed by atoms with Crippen LogP contribution >= 0.6 is 0 Å². The van der Waals surface area contributed by atoms with Crippen molar-refractivity contribution in [2.45, 2.75) is 44.7 Å². The first kappa shape index (κ1) is 17.5. The molecule has 0 saturated carbocycles. The summed E-state index contributed by atoms with van der Waals surface area (Å²) < 4.78 is 11.1. The minimum atomic E-state index is 0.133. The van der Waals surface area contributed by atoms with Crippen molar-refractivity contribution in [3.63, 3.8) is 0 Å². The minimum absolute atomic E-state index is 0.133. The largest absolute Gasteiger partial charge is 0.381 e. The van der Waals surface area contributed by atoms with Crippen LogP contribution in [0.5, 0.6) is 0 Å². The Balaban J connectivity index is 1.40. The van der Waals surface area contributed by atoms with E-state index in [-0.39, 0.29) is 6.04 Å². The first-order chi connectivity index (χ1) is 12.8. The third-order valence-corrected chi connectivity index (χ3v) is 5.58. The van der Waals surface area contributed by atoms with Crippen LogP contribution in [0.2, 0.25) is 0 Å². The zero-order chi connectivity index (χ0) is 17.8. The quantitative estimate of drug-likeness (QED) is 0.888. The molecule has 1 aromatic heterocycles. The predicted octanol–water partition coefficient (Wildman–Crippen LogP) is 3.10. The van der Waals surface area contributed by atoms with Crippen LogP contribution in [0.1, 0.15) is 43.4 Å². The molecule has 4 rings (SSSR count). The summed E-state index contributed by atoms with van der Waals surface area (Å²) in [5.74, 6) is 1.94. The number of aryl methyl sites for hydroxylation is 1. The Bertz CT molecular complexity index is 676. The fourth-order valence-corrected chi connectivity index (χ4v) is 4.09. The molecule has 2 aliphatic rings. The molecule has 0 aliphatic carbocycles. The van der Waals surface area contributed by atoms with Crippen LogP contribution in [0.3, 0.4) is 0 Å². The van der Waals surface area contributed by atoms with Crippen molar-refractivity contribution in [2.75, 3.05) is 31.2 Å². The van der Waals surface area contributed by atoms with E-state index >= 15 is 0 Å². The lowest BCUT2D eigenvalue weighted by atomic mass is 9.90. The van der Waals surface area contributed by atoms with E-state index in [9.17, 15) is 0 Å². The molecule has 2 fully saturated rings. The van der Waals surface area contributed by atoms with E-state index in [0.717, 1.165) is 57.9 Å². The summed E-state index contributed by atoms with van der Waals surface area (Å²) in [7, 11) is 0. The van der Waals surface area contributed by atoms with Gasteiger partial charge in [0, 0.05) is 38.0 Å². The molecule has 0 amide bonds. The minimum Gasteiger partial charge on any atom is -0.381 e. The molecule has 6 nitrogen and oxygen atoms in total. The maximum Gasteiger partial charge on any atom is 0.244 e. The molecule has 26 heavy (non-hydrogen) atoms. The van der Waals surface area contributed by atoms with Gasteiger partial charge in [0.1, 0.15) is 0 Å². The lowest BCUT2D eigenvalue weighted by Gasteiger charge is -2.37. The van der Waals surface area contributed by atoms with Crippen molar-refractivity contribution in [1.29, 1.82) is 0 Å². The van der Waals surface area contributed by atoms with Gasteiger partial charge in [-0.3, -0.25) is 0 Å². The van der Waals surface area contributed by atoms with Gasteiger partial charge in [0.05, 0.1) is 6.04 Å². The van der Waals surface area contributed by atoms with Gasteiger partial charge in [-0.05, 0) is 50.7 Å². The highest BCUT2D eigenvalue weighted by Crippen LogP contribution is 2.31.